The maximum atomic E-state index is 6.17. The molecular formula is C16H14ClNO2. The maximum absolute atomic E-state index is 6.17. The van der Waals surface area contributed by atoms with E-state index in [1.165, 1.54) is 0 Å². The first kappa shape index (κ1) is 12.9. The molecule has 3 nitrogen and oxygen atoms in total. The summed E-state index contributed by atoms with van der Waals surface area (Å²) in [7, 11) is 1.65. The number of para-hydroxylation sites is 3. The lowest BCUT2D eigenvalue weighted by Gasteiger charge is -2.10. The number of fused-ring (bicyclic) bond motifs is 1. The molecule has 1 aromatic heterocycles. The highest BCUT2D eigenvalue weighted by Gasteiger charge is 2.12. The number of anilines is 1. The van der Waals surface area contributed by atoms with Gasteiger partial charge >= 0.3 is 0 Å². The summed E-state index contributed by atoms with van der Waals surface area (Å²) in [6, 6.07) is 15.6. The fourth-order valence-electron chi connectivity index (χ4n) is 2.21. The molecule has 0 fully saturated rings. The summed E-state index contributed by atoms with van der Waals surface area (Å²) in [5, 5.41) is 4.78. The van der Waals surface area contributed by atoms with Crippen molar-refractivity contribution in [3.8, 4) is 5.75 Å². The zero-order valence-electron chi connectivity index (χ0n) is 11.0. The number of halogens is 1. The highest BCUT2D eigenvalue weighted by atomic mass is 35.5. The van der Waals surface area contributed by atoms with E-state index in [1.54, 1.807) is 7.11 Å². The molecule has 0 amide bonds. The van der Waals surface area contributed by atoms with Crippen LogP contribution in [0.3, 0.4) is 0 Å². The molecule has 0 atom stereocenters. The summed E-state index contributed by atoms with van der Waals surface area (Å²) in [6.45, 7) is 0.580. The summed E-state index contributed by atoms with van der Waals surface area (Å²) >= 11 is 6.17. The summed E-state index contributed by atoms with van der Waals surface area (Å²) in [6.07, 6.45) is 0. The van der Waals surface area contributed by atoms with Crippen LogP contribution in [0.15, 0.2) is 52.9 Å². The first-order chi connectivity index (χ1) is 9.79. The molecule has 0 spiro atoms. The number of furan rings is 1. The smallest absolute Gasteiger partial charge is 0.199 e. The second kappa shape index (κ2) is 5.47. The van der Waals surface area contributed by atoms with Crippen LogP contribution in [0.5, 0.6) is 5.75 Å². The molecule has 0 unspecified atom stereocenters. The summed E-state index contributed by atoms with van der Waals surface area (Å²) in [4.78, 5) is 0. The van der Waals surface area contributed by atoms with Gasteiger partial charge in [0.15, 0.2) is 5.22 Å². The quantitative estimate of drug-likeness (QED) is 0.755. The van der Waals surface area contributed by atoms with Gasteiger partial charge in [-0.25, -0.2) is 0 Å². The van der Waals surface area contributed by atoms with Crippen molar-refractivity contribution in [2.24, 2.45) is 0 Å². The van der Waals surface area contributed by atoms with Crippen molar-refractivity contribution in [2.45, 2.75) is 6.54 Å². The predicted octanol–water partition coefficient (Wildman–Crippen LogP) is 4.71. The van der Waals surface area contributed by atoms with Gasteiger partial charge in [0.1, 0.15) is 11.3 Å². The third kappa shape index (κ3) is 2.32. The van der Waals surface area contributed by atoms with Crippen molar-refractivity contribution in [1.29, 1.82) is 0 Å². The molecule has 3 aromatic rings. The minimum atomic E-state index is 0.425. The first-order valence-corrected chi connectivity index (χ1v) is 6.70. The average Bonchev–Trinajstić information content (AvgIpc) is 2.81. The van der Waals surface area contributed by atoms with Crippen LogP contribution in [0, 0.1) is 0 Å². The fourth-order valence-corrected chi connectivity index (χ4v) is 2.46. The van der Waals surface area contributed by atoms with E-state index in [2.05, 4.69) is 5.32 Å². The number of methoxy groups -OCH3 is 1. The van der Waals surface area contributed by atoms with Crippen molar-refractivity contribution in [2.75, 3.05) is 12.4 Å². The molecule has 2 aromatic carbocycles. The van der Waals surface area contributed by atoms with Crippen molar-refractivity contribution in [1.82, 2.24) is 0 Å². The van der Waals surface area contributed by atoms with Crippen molar-refractivity contribution >= 4 is 28.3 Å². The van der Waals surface area contributed by atoms with E-state index in [-0.39, 0.29) is 0 Å². The molecule has 102 valence electrons. The Hall–Kier alpha value is -2.13. The van der Waals surface area contributed by atoms with Gasteiger partial charge in [0.05, 0.1) is 12.8 Å². The standard InChI is InChI=1S/C16H14ClNO2/c1-19-15-9-5-3-7-13(15)18-10-12-11-6-2-4-8-14(11)20-16(12)17/h2-9,18H,10H2,1H3. The van der Waals surface area contributed by atoms with Crippen LogP contribution in [-0.4, -0.2) is 7.11 Å². The van der Waals surface area contributed by atoms with Crippen LogP contribution < -0.4 is 10.1 Å². The van der Waals surface area contributed by atoms with E-state index in [0.29, 0.717) is 11.8 Å². The number of hydrogen-bond donors (Lipinski definition) is 1. The Bertz CT molecular complexity index is 736. The zero-order valence-corrected chi connectivity index (χ0v) is 11.8. The van der Waals surface area contributed by atoms with Gasteiger partial charge < -0.3 is 14.5 Å². The molecule has 0 saturated carbocycles. The molecule has 0 radical (unpaired) electrons. The summed E-state index contributed by atoms with van der Waals surface area (Å²) < 4.78 is 10.9. The third-order valence-corrected chi connectivity index (χ3v) is 3.52. The highest BCUT2D eigenvalue weighted by Crippen LogP contribution is 2.31. The van der Waals surface area contributed by atoms with E-state index >= 15 is 0 Å². The van der Waals surface area contributed by atoms with Gasteiger partial charge in [-0.05, 0) is 29.8 Å². The average molecular weight is 288 g/mol. The molecule has 1 heterocycles. The molecule has 0 aliphatic rings. The molecule has 3 rings (SSSR count). The van der Waals surface area contributed by atoms with Gasteiger partial charge in [0.2, 0.25) is 0 Å². The largest absolute Gasteiger partial charge is 0.495 e. The Morgan fingerprint density at radius 2 is 1.85 bits per heavy atom. The van der Waals surface area contributed by atoms with E-state index in [9.17, 15) is 0 Å². The van der Waals surface area contributed by atoms with Crippen LogP contribution in [0.1, 0.15) is 5.56 Å². The molecular weight excluding hydrogens is 274 g/mol. The number of hydrogen-bond acceptors (Lipinski definition) is 3. The molecule has 4 heteroatoms. The van der Waals surface area contributed by atoms with Crippen LogP contribution >= 0.6 is 11.6 Å². The van der Waals surface area contributed by atoms with Gasteiger partial charge in [0, 0.05) is 17.5 Å². The number of rotatable bonds is 4. The normalized spacial score (nSPS) is 10.7. The monoisotopic (exact) mass is 287 g/mol. The number of nitrogens with one attached hydrogen (secondary N) is 1. The van der Waals surface area contributed by atoms with E-state index in [0.717, 1.165) is 28.0 Å². The molecule has 20 heavy (non-hydrogen) atoms. The summed E-state index contributed by atoms with van der Waals surface area (Å²) in [5.41, 5.74) is 2.68. The lowest BCUT2D eigenvalue weighted by atomic mass is 10.1. The lowest BCUT2D eigenvalue weighted by molar-refractivity contribution is 0.416. The summed E-state index contributed by atoms with van der Waals surface area (Å²) in [5.74, 6) is 0.802. The minimum Gasteiger partial charge on any atom is -0.495 e. The van der Waals surface area contributed by atoms with Gasteiger partial charge in [-0.15, -0.1) is 0 Å². The van der Waals surface area contributed by atoms with Crippen LogP contribution in [0.25, 0.3) is 11.0 Å². The Morgan fingerprint density at radius 1 is 1.10 bits per heavy atom. The SMILES string of the molecule is COc1ccccc1NCc1c(Cl)oc2ccccc12. The highest BCUT2D eigenvalue weighted by molar-refractivity contribution is 6.30. The van der Waals surface area contributed by atoms with Crippen molar-refractivity contribution in [3.05, 3.63) is 59.3 Å². The Morgan fingerprint density at radius 3 is 2.70 bits per heavy atom. The van der Waals surface area contributed by atoms with Crippen LogP contribution in [0.2, 0.25) is 5.22 Å². The first-order valence-electron chi connectivity index (χ1n) is 6.32. The zero-order chi connectivity index (χ0) is 13.9. The molecule has 0 aliphatic heterocycles. The Balaban J connectivity index is 1.89. The van der Waals surface area contributed by atoms with Gasteiger partial charge in [0.25, 0.3) is 0 Å². The van der Waals surface area contributed by atoms with E-state index in [4.69, 9.17) is 20.8 Å². The fraction of sp³-hybridized carbons (Fsp3) is 0.125. The molecule has 1 N–H and O–H groups in total. The lowest BCUT2D eigenvalue weighted by Crippen LogP contribution is -2.01. The van der Waals surface area contributed by atoms with Crippen molar-refractivity contribution in [3.63, 3.8) is 0 Å². The Labute approximate surface area is 122 Å². The topological polar surface area (TPSA) is 34.4 Å². The van der Waals surface area contributed by atoms with Crippen molar-refractivity contribution < 1.29 is 9.15 Å². The van der Waals surface area contributed by atoms with Gasteiger partial charge in [-0.1, -0.05) is 30.3 Å². The van der Waals surface area contributed by atoms with Crippen LogP contribution in [-0.2, 0) is 6.54 Å². The molecule has 0 saturated heterocycles. The van der Waals surface area contributed by atoms with E-state index < -0.39 is 0 Å². The number of ether oxygens (including phenoxy) is 1. The van der Waals surface area contributed by atoms with Gasteiger partial charge in [-0.3, -0.25) is 0 Å². The van der Waals surface area contributed by atoms with Crippen LogP contribution in [0.4, 0.5) is 5.69 Å². The molecule has 0 aliphatic carbocycles. The minimum absolute atomic E-state index is 0.425. The van der Waals surface area contributed by atoms with E-state index in [1.807, 2.05) is 48.5 Å². The second-order valence-corrected chi connectivity index (χ2v) is 4.75. The van der Waals surface area contributed by atoms with Gasteiger partial charge in [-0.2, -0.15) is 0 Å². The predicted molar refractivity (Wildman–Crippen MR) is 81.5 cm³/mol. The third-order valence-electron chi connectivity index (χ3n) is 3.21. The second-order valence-electron chi connectivity index (χ2n) is 4.40. The Kier molecular flexibility index (Phi) is 3.52. The number of benzene rings is 2. The molecule has 0 bridgehead atoms. The maximum Gasteiger partial charge on any atom is 0.199 e.